The number of hydrogen-bond acceptors (Lipinski definition) is 1. The molecular formula is C16H19NO. The Hall–Kier alpha value is -1.83. The highest BCUT2D eigenvalue weighted by atomic mass is 16.1. The lowest BCUT2D eigenvalue weighted by atomic mass is 9.95. The fourth-order valence-corrected chi connectivity index (χ4v) is 2.29. The molecule has 1 N–H and O–H groups in total. The maximum atomic E-state index is 12.1. The van der Waals surface area contributed by atoms with Crippen LogP contribution in [0.1, 0.15) is 35.7 Å². The number of nitrogens with one attached hydrogen (secondary N) is 1. The number of rotatable bonds is 4. The van der Waals surface area contributed by atoms with Crippen LogP contribution < -0.4 is 5.32 Å². The Bertz CT molecular complexity index is 560. The molecule has 0 radical (unpaired) electrons. The van der Waals surface area contributed by atoms with Gasteiger partial charge in [-0.25, -0.2) is 0 Å². The number of unbranched alkanes of at least 4 members (excludes halogenated alkanes) is 1. The first-order valence-electron chi connectivity index (χ1n) is 6.50. The lowest BCUT2D eigenvalue weighted by Gasteiger charge is -2.11. The van der Waals surface area contributed by atoms with Crippen LogP contribution in [0.15, 0.2) is 36.4 Å². The molecule has 2 nitrogen and oxygen atoms in total. The van der Waals surface area contributed by atoms with Crippen LogP contribution in [0.5, 0.6) is 0 Å². The summed E-state index contributed by atoms with van der Waals surface area (Å²) in [6, 6.07) is 12.2. The third-order valence-electron chi connectivity index (χ3n) is 3.27. The van der Waals surface area contributed by atoms with E-state index in [0.717, 1.165) is 41.2 Å². The molecule has 2 heteroatoms. The number of amides is 1. The third-order valence-corrected chi connectivity index (χ3v) is 3.27. The minimum Gasteiger partial charge on any atom is -0.355 e. The zero-order valence-corrected chi connectivity index (χ0v) is 11.0. The predicted molar refractivity (Wildman–Crippen MR) is 76.0 cm³/mol. The number of hydrogen-bond donors (Lipinski definition) is 1. The van der Waals surface area contributed by atoms with Gasteiger partial charge in [0.2, 0.25) is 0 Å². The van der Waals surface area contributed by atoms with Crippen LogP contribution in [0.3, 0.4) is 0 Å². The normalized spacial score (nSPS) is 10.6. The smallest absolute Gasteiger partial charge is 0.251 e. The summed E-state index contributed by atoms with van der Waals surface area (Å²) in [7, 11) is 1.69. The second-order valence-corrected chi connectivity index (χ2v) is 4.50. The Morgan fingerprint density at radius 3 is 2.67 bits per heavy atom. The monoisotopic (exact) mass is 241 g/mol. The summed E-state index contributed by atoms with van der Waals surface area (Å²) in [5.41, 5.74) is 1.99. The van der Waals surface area contributed by atoms with Crippen LogP contribution in [0.2, 0.25) is 0 Å². The van der Waals surface area contributed by atoms with Gasteiger partial charge in [0.1, 0.15) is 0 Å². The molecule has 0 saturated heterocycles. The fourth-order valence-electron chi connectivity index (χ4n) is 2.29. The maximum absolute atomic E-state index is 12.1. The summed E-state index contributed by atoms with van der Waals surface area (Å²) in [6.45, 7) is 2.17. The van der Waals surface area contributed by atoms with Gasteiger partial charge >= 0.3 is 0 Å². The van der Waals surface area contributed by atoms with E-state index in [-0.39, 0.29) is 5.91 Å². The SMILES string of the molecule is CCCCc1ccc2ccccc2c1C(=O)NC. The lowest BCUT2D eigenvalue weighted by molar-refractivity contribution is 0.0964. The molecule has 2 aromatic carbocycles. The van der Waals surface area contributed by atoms with Gasteiger partial charge < -0.3 is 5.32 Å². The van der Waals surface area contributed by atoms with Crippen LogP contribution in [-0.2, 0) is 6.42 Å². The second-order valence-electron chi connectivity index (χ2n) is 4.50. The molecule has 0 saturated carbocycles. The highest BCUT2D eigenvalue weighted by Crippen LogP contribution is 2.23. The van der Waals surface area contributed by atoms with E-state index in [1.807, 2.05) is 24.3 Å². The van der Waals surface area contributed by atoms with Crippen molar-refractivity contribution in [2.45, 2.75) is 26.2 Å². The molecular weight excluding hydrogens is 222 g/mol. The molecule has 0 fully saturated rings. The molecule has 0 atom stereocenters. The summed E-state index contributed by atoms with van der Waals surface area (Å²) in [4.78, 5) is 12.1. The van der Waals surface area contributed by atoms with Crippen LogP contribution in [0.25, 0.3) is 10.8 Å². The first-order valence-corrected chi connectivity index (χ1v) is 6.50. The topological polar surface area (TPSA) is 29.1 Å². The Labute approximate surface area is 108 Å². The summed E-state index contributed by atoms with van der Waals surface area (Å²) in [5.74, 6) is 0.0119. The van der Waals surface area contributed by atoms with Gasteiger partial charge in [-0.05, 0) is 29.2 Å². The summed E-state index contributed by atoms with van der Waals surface area (Å²) < 4.78 is 0. The summed E-state index contributed by atoms with van der Waals surface area (Å²) >= 11 is 0. The number of fused-ring (bicyclic) bond motifs is 1. The molecule has 0 aliphatic rings. The quantitative estimate of drug-likeness (QED) is 0.871. The third kappa shape index (κ3) is 2.37. The van der Waals surface area contributed by atoms with Gasteiger partial charge in [-0.3, -0.25) is 4.79 Å². The standard InChI is InChI=1S/C16H19NO/c1-3-4-7-13-11-10-12-8-5-6-9-14(12)15(13)16(18)17-2/h5-6,8-11H,3-4,7H2,1-2H3,(H,17,18). The molecule has 2 aromatic rings. The molecule has 0 heterocycles. The van der Waals surface area contributed by atoms with E-state index in [1.54, 1.807) is 7.05 Å². The van der Waals surface area contributed by atoms with Gasteiger partial charge in [0.05, 0.1) is 5.56 Å². The first-order chi connectivity index (χ1) is 8.77. The van der Waals surface area contributed by atoms with Crippen molar-refractivity contribution >= 4 is 16.7 Å². The van der Waals surface area contributed by atoms with Gasteiger partial charge in [-0.1, -0.05) is 49.7 Å². The molecule has 1 amide bonds. The molecule has 0 unspecified atom stereocenters. The Morgan fingerprint density at radius 2 is 1.94 bits per heavy atom. The average molecular weight is 241 g/mol. The van der Waals surface area contributed by atoms with Gasteiger partial charge in [0.25, 0.3) is 5.91 Å². The van der Waals surface area contributed by atoms with Gasteiger partial charge in [0.15, 0.2) is 0 Å². The summed E-state index contributed by atoms with van der Waals surface area (Å²) in [6.07, 6.45) is 3.21. The van der Waals surface area contributed by atoms with E-state index in [2.05, 4.69) is 24.4 Å². The van der Waals surface area contributed by atoms with Gasteiger partial charge in [-0.15, -0.1) is 0 Å². The molecule has 0 bridgehead atoms. The Morgan fingerprint density at radius 1 is 1.17 bits per heavy atom. The number of carbonyl (C=O) groups is 1. The lowest BCUT2D eigenvalue weighted by Crippen LogP contribution is -2.20. The second kappa shape index (κ2) is 5.67. The number of carbonyl (C=O) groups excluding carboxylic acids is 1. The van der Waals surface area contributed by atoms with E-state index in [4.69, 9.17) is 0 Å². The van der Waals surface area contributed by atoms with Crippen LogP contribution >= 0.6 is 0 Å². The van der Waals surface area contributed by atoms with Crippen molar-refractivity contribution in [2.75, 3.05) is 7.05 Å². The molecule has 0 aliphatic carbocycles. The van der Waals surface area contributed by atoms with Crippen LogP contribution in [-0.4, -0.2) is 13.0 Å². The van der Waals surface area contributed by atoms with Crippen molar-refractivity contribution < 1.29 is 4.79 Å². The Kier molecular flexibility index (Phi) is 3.98. The van der Waals surface area contributed by atoms with Crippen molar-refractivity contribution in [1.29, 1.82) is 0 Å². The summed E-state index contributed by atoms with van der Waals surface area (Å²) in [5, 5.41) is 4.92. The molecule has 2 rings (SSSR count). The average Bonchev–Trinajstić information content (AvgIpc) is 2.43. The molecule has 94 valence electrons. The van der Waals surface area contributed by atoms with Crippen molar-refractivity contribution in [2.24, 2.45) is 0 Å². The number of aryl methyl sites for hydroxylation is 1. The van der Waals surface area contributed by atoms with E-state index in [9.17, 15) is 4.79 Å². The maximum Gasteiger partial charge on any atom is 0.251 e. The van der Waals surface area contributed by atoms with Crippen LogP contribution in [0, 0.1) is 0 Å². The van der Waals surface area contributed by atoms with E-state index in [1.165, 1.54) is 0 Å². The first kappa shape index (κ1) is 12.6. The van der Waals surface area contributed by atoms with E-state index in [0.29, 0.717) is 0 Å². The number of benzene rings is 2. The van der Waals surface area contributed by atoms with Crippen molar-refractivity contribution in [1.82, 2.24) is 5.32 Å². The van der Waals surface area contributed by atoms with Crippen molar-refractivity contribution in [3.8, 4) is 0 Å². The fraction of sp³-hybridized carbons (Fsp3) is 0.312. The van der Waals surface area contributed by atoms with E-state index >= 15 is 0 Å². The van der Waals surface area contributed by atoms with Crippen LogP contribution in [0.4, 0.5) is 0 Å². The zero-order chi connectivity index (χ0) is 13.0. The minimum atomic E-state index is 0.0119. The molecule has 0 spiro atoms. The van der Waals surface area contributed by atoms with Crippen molar-refractivity contribution in [3.05, 3.63) is 47.5 Å². The molecule has 18 heavy (non-hydrogen) atoms. The minimum absolute atomic E-state index is 0.0119. The van der Waals surface area contributed by atoms with E-state index < -0.39 is 0 Å². The highest BCUT2D eigenvalue weighted by Gasteiger charge is 2.13. The molecule has 0 aromatic heterocycles. The zero-order valence-electron chi connectivity index (χ0n) is 11.0. The van der Waals surface area contributed by atoms with Crippen molar-refractivity contribution in [3.63, 3.8) is 0 Å². The van der Waals surface area contributed by atoms with Gasteiger partial charge in [0, 0.05) is 7.05 Å². The van der Waals surface area contributed by atoms with Gasteiger partial charge in [-0.2, -0.15) is 0 Å². The predicted octanol–water partition coefficient (Wildman–Crippen LogP) is 3.54. The Balaban J connectivity index is 2.59. The molecule has 0 aliphatic heterocycles. The highest BCUT2D eigenvalue weighted by molar-refractivity contribution is 6.08. The largest absolute Gasteiger partial charge is 0.355 e.